The van der Waals surface area contributed by atoms with E-state index in [2.05, 4.69) is 45.1 Å². The molecule has 2 heteroatoms. The summed E-state index contributed by atoms with van der Waals surface area (Å²) in [7, 11) is 0. The number of nitrogens with one attached hydrogen (secondary N) is 1. The van der Waals surface area contributed by atoms with Crippen molar-refractivity contribution in [3.63, 3.8) is 0 Å². The summed E-state index contributed by atoms with van der Waals surface area (Å²) in [6.45, 7) is 9.66. The van der Waals surface area contributed by atoms with Crippen molar-refractivity contribution in [3.8, 4) is 0 Å². The van der Waals surface area contributed by atoms with Crippen LogP contribution in [0.5, 0.6) is 0 Å². The van der Waals surface area contributed by atoms with Crippen LogP contribution in [-0.2, 0) is 0 Å². The molecule has 16 heavy (non-hydrogen) atoms. The fourth-order valence-corrected chi connectivity index (χ4v) is 2.21. The second-order valence-corrected chi connectivity index (χ2v) is 4.78. The van der Waals surface area contributed by atoms with E-state index in [0.717, 1.165) is 24.4 Å². The minimum atomic E-state index is 0.381. The molecule has 1 nitrogen and oxygen atoms in total. The third-order valence-electron chi connectivity index (χ3n) is 3.04. The lowest BCUT2D eigenvalue weighted by Gasteiger charge is -2.19. The maximum absolute atomic E-state index is 6.31. The molecule has 0 saturated carbocycles. The molecule has 0 radical (unpaired) electrons. The second-order valence-electron chi connectivity index (χ2n) is 4.37. The van der Waals surface area contributed by atoms with Crippen LogP contribution in [0.4, 0.5) is 0 Å². The molecule has 90 valence electrons. The van der Waals surface area contributed by atoms with E-state index < -0.39 is 0 Å². The Labute approximate surface area is 104 Å². The summed E-state index contributed by atoms with van der Waals surface area (Å²) >= 11 is 6.31. The maximum Gasteiger partial charge on any atom is 0.0456 e. The predicted octanol–water partition coefficient (Wildman–Crippen LogP) is 4.41. The Hall–Kier alpha value is -0.530. The van der Waals surface area contributed by atoms with Gasteiger partial charge < -0.3 is 5.32 Å². The summed E-state index contributed by atoms with van der Waals surface area (Å²) in [5.41, 5.74) is 3.82. The molecule has 1 atom stereocenters. The highest BCUT2D eigenvalue weighted by Gasteiger charge is 2.13. The van der Waals surface area contributed by atoms with Crippen molar-refractivity contribution in [2.24, 2.45) is 0 Å². The van der Waals surface area contributed by atoms with Gasteiger partial charge in [0.05, 0.1) is 0 Å². The van der Waals surface area contributed by atoms with Crippen molar-refractivity contribution in [3.05, 3.63) is 33.8 Å². The fraction of sp³-hybridized carbons (Fsp3) is 0.571. The maximum atomic E-state index is 6.31. The normalized spacial score (nSPS) is 12.8. The standard InChI is InChI=1S/C14H22ClN/c1-5-7-16-14(6-2)12-8-10(3)11(4)9-13(12)15/h8-9,14,16H,5-7H2,1-4H3. The Morgan fingerprint density at radius 3 is 2.38 bits per heavy atom. The number of hydrogen-bond acceptors (Lipinski definition) is 1. The molecule has 0 spiro atoms. The van der Waals surface area contributed by atoms with E-state index in [0.29, 0.717) is 6.04 Å². The van der Waals surface area contributed by atoms with Gasteiger partial charge in [0.2, 0.25) is 0 Å². The quantitative estimate of drug-likeness (QED) is 0.803. The summed E-state index contributed by atoms with van der Waals surface area (Å²) < 4.78 is 0. The van der Waals surface area contributed by atoms with Crippen LogP contribution < -0.4 is 5.32 Å². The number of halogens is 1. The monoisotopic (exact) mass is 239 g/mol. The summed E-state index contributed by atoms with van der Waals surface area (Å²) in [4.78, 5) is 0. The molecule has 0 aliphatic carbocycles. The molecular formula is C14H22ClN. The zero-order valence-corrected chi connectivity index (χ0v) is 11.5. The van der Waals surface area contributed by atoms with E-state index in [1.54, 1.807) is 0 Å². The molecule has 1 rings (SSSR count). The summed E-state index contributed by atoms with van der Waals surface area (Å²) in [6, 6.07) is 4.67. The van der Waals surface area contributed by atoms with Crippen LogP contribution in [0.2, 0.25) is 5.02 Å². The average Bonchev–Trinajstić information content (AvgIpc) is 2.26. The van der Waals surface area contributed by atoms with Crippen molar-refractivity contribution in [1.29, 1.82) is 0 Å². The first-order chi connectivity index (χ1) is 7.60. The van der Waals surface area contributed by atoms with E-state index in [9.17, 15) is 0 Å². The van der Waals surface area contributed by atoms with Gasteiger partial charge in [-0.05, 0) is 56.0 Å². The number of rotatable bonds is 5. The van der Waals surface area contributed by atoms with Crippen molar-refractivity contribution in [2.45, 2.75) is 46.6 Å². The molecule has 0 heterocycles. The SMILES string of the molecule is CCCNC(CC)c1cc(C)c(C)cc1Cl. The summed E-state index contributed by atoms with van der Waals surface area (Å²) in [5.74, 6) is 0. The van der Waals surface area contributed by atoms with Crippen LogP contribution >= 0.6 is 11.6 Å². The Bertz CT molecular complexity index is 347. The number of benzene rings is 1. The van der Waals surface area contributed by atoms with E-state index in [1.807, 2.05) is 0 Å². The lowest BCUT2D eigenvalue weighted by molar-refractivity contribution is 0.518. The van der Waals surface area contributed by atoms with Gasteiger partial charge in [0.1, 0.15) is 0 Å². The third kappa shape index (κ3) is 3.23. The Balaban J connectivity index is 2.95. The molecule has 0 fully saturated rings. The first-order valence-corrected chi connectivity index (χ1v) is 6.48. The van der Waals surface area contributed by atoms with Gasteiger partial charge in [0.15, 0.2) is 0 Å². The van der Waals surface area contributed by atoms with Crippen LogP contribution in [0.15, 0.2) is 12.1 Å². The van der Waals surface area contributed by atoms with E-state index in [4.69, 9.17) is 11.6 Å². The number of aryl methyl sites for hydroxylation is 2. The van der Waals surface area contributed by atoms with Gasteiger partial charge >= 0.3 is 0 Å². The van der Waals surface area contributed by atoms with Gasteiger partial charge in [-0.1, -0.05) is 31.5 Å². The van der Waals surface area contributed by atoms with Crippen molar-refractivity contribution < 1.29 is 0 Å². The second kappa shape index (κ2) is 6.27. The van der Waals surface area contributed by atoms with Crippen molar-refractivity contribution >= 4 is 11.6 Å². The third-order valence-corrected chi connectivity index (χ3v) is 3.36. The van der Waals surface area contributed by atoms with Crippen LogP contribution in [-0.4, -0.2) is 6.54 Å². The highest BCUT2D eigenvalue weighted by atomic mass is 35.5. The minimum Gasteiger partial charge on any atom is -0.310 e. The smallest absolute Gasteiger partial charge is 0.0456 e. The lowest BCUT2D eigenvalue weighted by Crippen LogP contribution is -2.21. The summed E-state index contributed by atoms with van der Waals surface area (Å²) in [6.07, 6.45) is 2.22. The van der Waals surface area contributed by atoms with Gasteiger partial charge in [0.25, 0.3) is 0 Å². The van der Waals surface area contributed by atoms with Crippen LogP contribution in [0.25, 0.3) is 0 Å². The van der Waals surface area contributed by atoms with E-state index in [1.165, 1.54) is 16.7 Å². The average molecular weight is 240 g/mol. The van der Waals surface area contributed by atoms with Gasteiger partial charge in [-0.3, -0.25) is 0 Å². The lowest BCUT2D eigenvalue weighted by atomic mass is 9.99. The topological polar surface area (TPSA) is 12.0 Å². The fourth-order valence-electron chi connectivity index (χ4n) is 1.86. The minimum absolute atomic E-state index is 0.381. The molecule has 0 aromatic heterocycles. The van der Waals surface area contributed by atoms with Gasteiger partial charge in [-0.15, -0.1) is 0 Å². The molecule has 0 aliphatic rings. The van der Waals surface area contributed by atoms with E-state index >= 15 is 0 Å². The Morgan fingerprint density at radius 2 is 1.81 bits per heavy atom. The van der Waals surface area contributed by atoms with E-state index in [-0.39, 0.29) is 0 Å². The molecule has 1 aromatic carbocycles. The first-order valence-electron chi connectivity index (χ1n) is 6.10. The highest BCUT2D eigenvalue weighted by molar-refractivity contribution is 6.31. The first kappa shape index (κ1) is 13.5. The Morgan fingerprint density at radius 1 is 1.19 bits per heavy atom. The zero-order chi connectivity index (χ0) is 12.1. The zero-order valence-electron chi connectivity index (χ0n) is 10.7. The van der Waals surface area contributed by atoms with Gasteiger partial charge in [0, 0.05) is 11.1 Å². The molecule has 0 amide bonds. The molecular weight excluding hydrogens is 218 g/mol. The van der Waals surface area contributed by atoms with Crippen LogP contribution in [0.3, 0.4) is 0 Å². The molecule has 1 N–H and O–H groups in total. The van der Waals surface area contributed by atoms with Crippen LogP contribution in [0, 0.1) is 13.8 Å². The molecule has 1 aromatic rings. The highest BCUT2D eigenvalue weighted by Crippen LogP contribution is 2.28. The molecule has 0 saturated heterocycles. The predicted molar refractivity (Wildman–Crippen MR) is 72.3 cm³/mol. The van der Waals surface area contributed by atoms with Crippen molar-refractivity contribution in [2.75, 3.05) is 6.54 Å². The molecule has 0 aliphatic heterocycles. The van der Waals surface area contributed by atoms with Gasteiger partial charge in [-0.2, -0.15) is 0 Å². The Kier molecular flexibility index (Phi) is 5.30. The van der Waals surface area contributed by atoms with Crippen LogP contribution in [0.1, 0.15) is 49.4 Å². The summed E-state index contributed by atoms with van der Waals surface area (Å²) in [5, 5.41) is 4.43. The molecule has 0 bridgehead atoms. The number of hydrogen-bond donors (Lipinski definition) is 1. The largest absolute Gasteiger partial charge is 0.310 e. The van der Waals surface area contributed by atoms with Crippen molar-refractivity contribution in [1.82, 2.24) is 5.32 Å². The van der Waals surface area contributed by atoms with Gasteiger partial charge in [-0.25, -0.2) is 0 Å². The molecule has 1 unspecified atom stereocenters.